The van der Waals surface area contributed by atoms with E-state index in [1.54, 1.807) is 53.5 Å². The van der Waals surface area contributed by atoms with Crippen LogP contribution in [0.2, 0.25) is 0 Å². The van der Waals surface area contributed by atoms with Gasteiger partial charge >= 0.3 is 0 Å². The van der Waals surface area contributed by atoms with Crippen molar-refractivity contribution in [2.45, 2.75) is 20.4 Å². The Kier molecular flexibility index (Phi) is 6.03. The molecule has 0 spiro atoms. The molecule has 2 aromatic carbocycles. The number of aryl methyl sites for hydroxylation is 3. The summed E-state index contributed by atoms with van der Waals surface area (Å²) in [5, 5.41) is 15.5. The van der Waals surface area contributed by atoms with Crippen molar-refractivity contribution in [3.05, 3.63) is 95.0 Å². The molecule has 0 aliphatic carbocycles. The molecule has 9 heteroatoms. The summed E-state index contributed by atoms with van der Waals surface area (Å²) < 4.78 is 3.53. The van der Waals surface area contributed by atoms with E-state index >= 15 is 0 Å². The second kappa shape index (κ2) is 9.46. The summed E-state index contributed by atoms with van der Waals surface area (Å²) in [7, 11) is 1.92. The zero-order chi connectivity index (χ0) is 25.2. The fourth-order valence-electron chi connectivity index (χ4n) is 4.06. The SMILES string of the molecule is CCn1nc(C)cc1C(=O)Nc1cccc(C(=O)c2ccc3c(/C=C/c4cn(C)cn4)n[nH]c3c2)c1. The highest BCUT2D eigenvalue weighted by molar-refractivity contribution is 6.12. The van der Waals surface area contributed by atoms with E-state index in [-0.39, 0.29) is 11.7 Å². The largest absolute Gasteiger partial charge is 0.340 e. The number of hydrogen-bond donors (Lipinski definition) is 2. The molecule has 3 heterocycles. The van der Waals surface area contributed by atoms with E-state index in [9.17, 15) is 9.59 Å². The number of rotatable bonds is 7. The molecule has 1 amide bonds. The fraction of sp³-hybridized carbons (Fsp3) is 0.148. The number of aromatic amines is 1. The van der Waals surface area contributed by atoms with Crippen molar-refractivity contribution in [2.24, 2.45) is 7.05 Å². The number of carbonyl (C=O) groups excluding carboxylic acids is 2. The molecule has 0 saturated carbocycles. The van der Waals surface area contributed by atoms with E-state index in [0.717, 1.165) is 28.0 Å². The summed E-state index contributed by atoms with van der Waals surface area (Å²) in [4.78, 5) is 30.3. The highest BCUT2D eigenvalue weighted by Gasteiger charge is 2.16. The Morgan fingerprint density at radius 3 is 2.69 bits per heavy atom. The first-order valence-electron chi connectivity index (χ1n) is 11.6. The van der Waals surface area contributed by atoms with Crippen LogP contribution in [0, 0.1) is 6.92 Å². The van der Waals surface area contributed by atoms with Crippen LogP contribution < -0.4 is 5.32 Å². The van der Waals surface area contributed by atoms with Gasteiger partial charge in [-0.05, 0) is 56.3 Å². The first kappa shape index (κ1) is 23.0. The maximum Gasteiger partial charge on any atom is 0.273 e. The average molecular weight is 480 g/mol. The number of amides is 1. The van der Waals surface area contributed by atoms with Gasteiger partial charge < -0.3 is 9.88 Å². The van der Waals surface area contributed by atoms with Crippen molar-refractivity contribution in [3.8, 4) is 0 Å². The Morgan fingerprint density at radius 1 is 1.08 bits per heavy atom. The van der Waals surface area contributed by atoms with Gasteiger partial charge in [-0.2, -0.15) is 10.2 Å². The Hall–Kier alpha value is -4.79. The van der Waals surface area contributed by atoms with Gasteiger partial charge in [0.25, 0.3) is 5.91 Å². The summed E-state index contributed by atoms with van der Waals surface area (Å²) in [5.74, 6) is -0.421. The molecule has 36 heavy (non-hydrogen) atoms. The van der Waals surface area contributed by atoms with Gasteiger partial charge in [-0.15, -0.1) is 0 Å². The van der Waals surface area contributed by atoms with Gasteiger partial charge in [0.2, 0.25) is 0 Å². The quantitative estimate of drug-likeness (QED) is 0.335. The van der Waals surface area contributed by atoms with Gasteiger partial charge in [-0.1, -0.05) is 18.2 Å². The van der Waals surface area contributed by atoms with Crippen LogP contribution in [0.4, 0.5) is 5.69 Å². The molecule has 0 aliphatic rings. The minimum atomic E-state index is -0.271. The van der Waals surface area contributed by atoms with Gasteiger partial charge in [0.1, 0.15) is 5.69 Å². The normalized spacial score (nSPS) is 11.4. The highest BCUT2D eigenvalue weighted by Crippen LogP contribution is 2.22. The Morgan fingerprint density at radius 2 is 1.92 bits per heavy atom. The summed E-state index contributed by atoms with van der Waals surface area (Å²) in [6.45, 7) is 4.36. The summed E-state index contributed by atoms with van der Waals surface area (Å²) in [6.07, 6.45) is 7.43. The predicted molar refractivity (Wildman–Crippen MR) is 139 cm³/mol. The number of aromatic nitrogens is 6. The topological polar surface area (TPSA) is 110 Å². The minimum absolute atomic E-state index is 0.150. The van der Waals surface area contributed by atoms with Crippen LogP contribution in [0.15, 0.2) is 61.1 Å². The first-order valence-corrected chi connectivity index (χ1v) is 11.6. The van der Waals surface area contributed by atoms with Gasteiger partial charge in [0.05, 0.1) is 28.9 Å². The third kappa shape index (κ3) is 4.58. The zero-order valence-electron chi connectivity index (χ0n) is 20.2. The van der Waals surface area contributed by atoms with Gasteiger partial charge in [-0.25, -0.2) is 4.98 Å². The number of ketones is 1. The number of nitrogens with zero attached hydrogens (tertiary/aromatic N) is 5. The van der Waals surface area contributed by atoms with Crippen LogP contribution in [-0.4, -0.2) is 41.2 Å². The minimum Gasteiger partial charge on any atom is -0.340 e. The molecular weight excluding hydrogens is 454 g/mol. The molecule has 0 radical (unpaired) electrons. The monoisotopic (exact) mass is 479 g/mol. The van der Waals surface area contributed by atoms with Crippen LogP contribution in [0.5, 0.6) is 0 Å². The lowest BCUT2D eigenvalue weighted by Gasteiger charge is -2.08. The summed E-state index contributed by atoms with van der Waals surface area (Å²) >= 11 is 0. The average Bonchev–Trinajstić information content (AvgIpc) is 3.59. The van der Waals surface area contributed by atoms with Crippen LogP contribution in [0.1, 0.15) is 50.4 Å². The standard InChI is InChI=1S/C27H25N7O2/c1-4-34-25(12-17(2)32-34)27(36)29-20-7-5-6-18(13-20)26(35)19-8-10-22-23(30-31-24(22)14-19)11-9-21-15-33(3)16-28-21/h5-16H,4H2,1-3H3,(H,29,36)(H,30,31)/b11-9+. The summed E-state index contributed by atoms with van der Waals surface area (Å²) in [6, 6.07) is 14.1. The van der Waals surface area contributed by atoms with E-state index in [4.69, 9.17) is 0 Å². The molecule has 0 bridgehead atoms. The third-order valence-electron chi connectivity index (χ3n) is 5.81. The van der Waals surface area contributed by atoms with E-state index in [0.29, 0.717) is 29.1 Å². The second-order valence-electron chi connectivity index (χ2n) is 8.52. The molecule has 0 aliphatic heterocycles. The number of carbonyl (C=O) groups is 2. The third-order valence-corrected chi connectivity index (χ3v) is 5.81. The van der Waals surface area contributed by atoms with E-state index in [1.165, 1.54) is 0 Å². The smallest absolute Gasteiger partial charge is 0.273 e. The lowest BCUT2D eigenvalue weighted by molar-refractivity contribution is 0.101. The molecule has 0 fully saturated rings. The highest BCUT2D eigenvalue weighted by atomic mass is 16.2. The molecule has 180 valence electrons. The lowest BCUT2D eigenvalue weighted by Crippen LogP contribution is -2.17. The summed E-state index contributed by atoms with van der Waals surface area (Å²) in [5.41, 5.74) is 5.14. The van der Waals surface area contributed by atoms with Crippen molar-refractivity contribution in [1.29, 1.82) is 0 Å². The fourth-order valence-corrected chi connectivity index (χ4v) is 4.06. The van der Waals surface area contributed by atoms with E-state index in [2.05, 4.69) is 25.6 Å². The Balaban J connectivity index is 1.35. The first-order chi connectivity index (χ1) is 17.4. The maximum absolute atomic E-state index is 13.2. The van der Waals surface area contributed by atoms with Crippen LogP contribution in [0.25, 0.3) is 23.1 Å². The maximum atomic E-state index is 13.2. The molecule has 0 unspecified atom stereocenters. The predicted octanol–water partition coefficient (Wildman–Crippen LogP) is 4.47. The van der Waals surface area contributed by atoms with Gasteiger partial charge in [-0.3, -0.25) is 19.4 Å². The number of fused-ring (bicyclic) bond motifs is 1. The van der Waals surface area contributed by atoms with Gasteiger partial charge in [0, 0.05) is 42.0 Å². The molecule has 0 saturated heterocycles. The number of H-pyrrole nitrogens is 1. The number of hydrogen-bond acceptors (Lipinski definition) is 5. The molecule has 3 aromatic heterocycles. The molecule has 5 aromatic rings. The number of anilines is 1. The van der Waals surface area contributed by atoms with Crippen molar-refractivity contribution in [3.63, 3.8) is 0 Å². The molecule has 0 atom stereocenters. The van der Waals surface area contributed by atoms with Crippen LogP contribution in [0.3, 0.4) is 0 Å². The van der Waals surface area contributed by atoms with E-state index < -0.39 is 0 Å². The van der Waals surface area contributed by atoms with Gasteiger partial charge in [0.15, 0.2) is 5.78 Å². The molecule has 2 N–H and O–H groups in total. The van der Waals surface area contributed by atoms with Crippen molar-refractivity contribution >= 4 is 40.4 Å². The van der Waals surface area contributed by atoms with E-state index in [1.807, 2.05) is 49.9 Å². The number of imidazole rings is 1. The Bertz CT molecular complexity index is 1620. The second-order valence-corrected chi connectivity index (χ2v) is 8.52. The van der Waals surface area contributed by atoms with Crippen molar-refractivity contribution in [2.75, 3.05) is 5.32 Å². The zero-order valence-corrected chi connectivity index (χ0v) is 20.2. The van der Waals surface area contributed by atoms with Crippen LogP contribution in [-0.2, 0) is 13.6 Å². The van der Waals surface area contributed by atoms with Crippen molar-refractivity contribution < 1.29 is 9.59 Å². The van der Waals surface area contributed by atoms with Crippen LogP contribution >= 0.6 is 0 Å². The molecule has 9 nitrogen and oxygen atoms in total. The molecule has 5 rings (SSSR count). The lowest BCUT2D eigenvalue weighted by atomic mass is 10.0. The van der Waals surface area contributed by atoms with Crippen molar-refractivity contribution in [1.82, 2.24) is 29.5 Å². The Labute approximate surface area is 207 Å². The molecular formula is C27H25N7O2. The number of benzene rings is 2. The number of nitrogens with one attached hydrogen (secondary N) is 2.